The Labute approximate surface area is 168 Å². The molecule has 0 unspecified atom stereocenters. The minimum Gasteiger partial charge on any atom is -0.493 e. The Hall–Kier alpha value is -2.42. The van der Waals surface area contributed by atoms with Crippen LogP contribution in [-0.2, 0) is 6.42 Å². The van der Waals surface area contributed by atoms with Gasteiger partial charge in [-0.15, -0.1) is 10.2 Å². The molecule has 138 valence electrons. The monoisotopic (exact) mass is 421 g/mol. The van der Waals surface area contributed by atoms with Crippen LogP contribution < -0.4 is 9.47 Å². The molecule has 0 N–H and O–H groups in total. The second-order valence-electron chi connectivity index (χ2n) is 5.56. The fraction of sp³-hybridized carbons (Fsp3) is 0.176. The van der Waals surface area contributed by atoms with E-state index in [0.717, 1.165) is 5.56 Å². The van der Waals surface area contributed by atoms with Crippen molar-refractivity contribution in [3.05, 3.63) is 52.0 Å². The van der Waals surface area contributed by atoms with Crippen molar-refractivity contribution < 1.29 is 9.47 Å². The zero-order valence-corrected chi connectivity index (χ0v) is 16.6. The molecule has 0 aliphatic heterocycles. The van der Waals surface area contributed by atoms with Gasteiger partial charge in [-0.3, -0.25) is 0 Å². The average Bonchev–Trinajstić information content (AvgIpc) is 3.23. The van der Waals surface area contributed by atoms with E-state index in [0.29, 0.717) is 49.6 Å². The summed E-state index contributed by atoms with van der Waals surface area (Å²) in [5.41, 5.74) is 1.70. The third-order valence-electron chi connectivity index (χ3n) is 3.91. The van der Waals surface area contributed by atoms with Gasteiger partial charge in [0.15, 0.2) is 22.3 Å². The normalized spacial score (nSPS) is 11.1. The van der Waals surface area contributed by atoms with Gasteiger partial charge in [0.1, 0.15) is 10.3 Å². The van der Waals surface area contributed by atoms with E-state index in [1.54, 1.807) is 30.9 Å². The number of rotatable bonds is 5. The first-order valence-corrected chi connectivity index (χ1v) is 9.40. The Kier molecular flexibility index (Phi) is 4.86. The number of halogens is 2. The SMILES string of the molecule is COc1ccc(Cc2nnc3sc(-c4ccc(Cl)nc4Cl)nn23)cc1OC. The van der Waals surface area contributed by atoms with E-state index < -0.39 is 0 Å². The average molecular weight is 422 g/mol. The summed E-state index contributed by atoms with van der Waals surface area (Å²) >= 11 is 13.4. The maximum absolute atomic E-state index is 6.19. The van der Waals surface area contributed by atoms with Crippen LogP contribution in [0.2, 0.25) is 10.3 Å². The van der Waals surface area contributed by atoms with Crippen molar-refractivity contribution in [3.8, 4) is 22.1 Å². The number of pyridine rings is 1. The molecule has 0 atom stereocenters. The molecule has 0 aliphatic carbocycles. The Morgan fingerprint density at radius 1 is 1.04 bits per heavy atom. The highest BCUT2D eigenvalue weighted by Crippen LogP contribution is 2.32. The predicted molar refractivity (Wildman–Crippen MR) is 104 cm³/mol. The Bertz CT molecular complexity index is 1130. The zero-order valence-electron chi connectivity index (χ0n) is 14.3. The number of nitrogens with zero attached hydrogens (tertiary/aromatic N) is 5. The van der Waals surface area contributed by atoms with Gasteiger partial charge in [-0.05, 0) is 29.8 Å². The van der Waals surface area contributed by atoms with E-state index in [1.165, 1.54) is 11.3 Å². The van der Waals surface area contributed by atoms with Crippen LogP contribution in [0.3, 0.4) is 0 Å². The van der Waals surface area contributed by atoms with Crippen molar-refractivity contribution >= 4 is 39.5 Å². The molecule has 3 heterocycles. The molecular weight excluding hydrogens is 409 g/mol. The fourth-order valence-electron chi connectivity index (χ4n) is 2.62. The van der Waals surface area contributed by atoms with Crippen LogP contribution in [0.4, 0.5) is 0 Å². The molecule has 0 radical (unpaired) electrons. The van der Waals surface area contributed by atoms with Crippen molar-refractivity contribution in [2.24, 2.45) is 0 Å². The van der Waals surface area contributed by atoms with Crippen LogP contribution in [0.5, 0.6) is 11.5 Å². The maximum Gasteiger partial charge on any atom is 0.234 e. The minimum absolute atomic E-state index is 0.300. The van der Waals surface area contributed by atoms with Crippen molar-refractivity contribution in [3.63, 3.8) is 0 Å². The van der Waals surface area contributed by atoms with E-state index in [-0.39, 0.29) is 0 Å². The summed E-state index contributed by atoms with van der Waals surface area (Å²) in [6.07, 6.45) is 0.539. The summed E-state index contributed by atoms with van der Waals surface area (Å²) in [5.74, 6) is 2.04. The lowest BCUT2D eigenvalue weighted by Gasteiger charge is -2.08. The fourth-order valence-corrected chi connectivity index (χ4v) is 4.00. The molecule has 4 aromatic rings. The molecule has 0 amide bonds. The molecule has 0 aliphatic rings. The lowest BCUT2D eigenvalue weighted by atomic mass is 10.1. The number of hydrogen-bond acceptors (Lipinski definition) is 7. The van der Waals surface area contributed by atoms with Gasteiger partial charge in [-0.1, -0.05) is 40.6 Å². The van der Waals surface area contributed by atoms with Gasteiger partial charge in [0.25, 0.3) is 0 Å². The van der Waals surface area contributed by atoms with Crippen LogP contribution in [0.15, 0.2) is 30.3 Å². The third-order valence-corrected chi connectivity index (χ3v) is 5.34. The molecule has 0 saturated heterocycles. The van der Waals surface area contributed by atoms with E-state index >= 15 is 0 Å². The molecule has 4 rings (SSSR count). The lowest BCUT2D eigenvalue weighted by molar-refractivity contribution is 0.354. The van der Waals surface area contributed by atoms with E-state index in [2.05, 4.69) is 20.3 Å². The minimum atomic E-state index is 0.300. The first-order chi connectivity index (χ1) is 13.1. The summed E-state index contributed by atoms with van der Waals surface area (Å²) in [7, 11) is 3.21. The van der Waals surface area contributed by atoms with Crippen LogP contribution >= 0.6 is 34.5 Å². The number of benzene rings is 1. The molecule has 10 heteroatoms. The largest absolute Gasteiger partial charge is 0.493 e. The van der Waals surface area contributed by atoms with Gasteiger partial charge in [-0.25, -0.2) is 4.98 Å². The Balaban J connectivity index is 1.68. The first-order valence-electron chi connectivity index (χ1n) is 7.83. The van der Waals surface area contributed by atoms with E-state index in [9.17, 15) is 0 Å². The zero-order chi connectivity index (χ0) is 19.0. The molecule has 3 aromatic heterocycles. The number of aromatic nitrogens is 5. The Morgan fingerprint density at radius 2 is 1.85 bits per heavy atom. The topological polar surface area (TPSA) is 74.4 Å². The van der Waals surface area contributed by atoms with Crippen LogP contribution in [0.25, 0.3) is 15.5 Å². The van der Waals surface area contributed by atoms with Crippen LogP contribution in [0, 0.1) is 0 Å². The summed E-state index contributed by atoms with van der Waals surface area (Å²) < 4.78 is 12.3. The number of fused-ring (bicyclic) bond motifs is 1. The smallest absolute Gasteiger partial charge is 0.234 e. The molecule has 0 spiro atoms. The highest BCUT2D eigenvalue weighted by molar-refractivity contribution is 7.19. The van der Waals surface area contributed by atoms with Crippen molar-refractivity contribution in [1.82, 2.24) is 24.8 Å². The molecular formula is C17H13Cl2N5O2S. The van der Waals surface area contributed by atoms with E-state index in [4.69, 9.17) is 32.7 Å². The molecule has 1 aromatic carbocycles. The lowest BCUT2D eigenvalue weighted by Crippen LogP contribution is -1.99. The van der Waals surface area contributed by atoms with Gasteiger partial charge < -0.3 is 9.47 Å². The second kappa shape index (κ2) is 7.30. The summed E-state index contributed by atoms with van der Waals surface area (Å²) in [4.78, 5) is 4.73. The van der Waals surface area contributed by atoms with Crippen molar-refractivity contribution in [1.29, 1.82) is 0 Å². The summed E-state index contributed by atoms with van der Waals surface area (Å²) in [5, 5.41) is 14.4. The third kappa shape index (κ3) is 3.43. The maximum atomic E-state index is 6.19. The van der Waals surface area contributed by atoms with Gasteiger partial charge in [-0.2, -0.15) is 9.61 Å². The van der Waals surface area contributed by atoms with Crippen LogP contribution in [-0.4, -0.2) is 39.0 Å². The van der Waals surface area contributed by atoms with E-state index in [1.807, 2.05) is 18.2 Å². The van der Waals surface area contributed by atoms with Gasteiger partial charge in [0.2, 0.25) is 4.96 Å². The van der Waals surface area contributed by atoms with Crippen molar-refractivity contribution in [2.45, 2.75) is 6.42 Å². The van der Waals surface area contributed by atoms with Gasteiger partial charge >= 0.3 is 0 Å². The van der Waals surface area contributed by atoms with Crippen LogP contribution in [0.1, 0.15) is 11.4 Å². The predicted octanol–water partition coefficient (Wildman–Crippen LogP) is 4.16. The number of ether oxygens (including phenoxy) is 2. The van der Waals surface area contributed by atoms with Gasteiger partial charge in [0, 0.05) is 12.0 Å². The summed E-state index contributed by atoms with van der Waals surface area (Å²) in [6.45, 7) is 0. The van der Waals surface area contributed by atoms with Gasteiger partial charge in [0.05, 0.1) is 14.2 Å². The molecule has 0 bridgehead atoms. The molecule has 7 nitrogen and oxygen atoms in total. The standard InChI is InChI=1S/C17H13Cl2N5O2S/c1-25-11-5-3-9(7-12(11)26-2)8-14-21-22-17-24(14)23-16(27-17)10-4-6-13(18)20-15(10)19/h3-7H,8H2,1-2H3. The molecule has 27 heavy (non-hydrogen) atoms. The quantitative estimate of drug-likeness (QED) is 0.450. The van der Waals surface area contributed by atoms with Crippen molar-refractivity contribution in [2.75, 3.05) is 14.2 Å². The highest BCUT2D eigenvalue weighted by atomic mass is 35.5. The highest BCUT2D eigenvalue weighted by Gasteiger charge is 2.16. The molecule has 0 saturated carbocycles. The number of hydrogen-bond donors (Lipinski definition) is 0. The first kappa shape index (κ1) is 18.0. The Morgan fingerprint density at radius 3 is 2.59 bits per heavy atom. The number of methoxy groups -OCH3 is 2. The second-order valence-corrected chi connectivity index (χ2v) is 7.26. The summed E-state index contributed by atoms with van der Waals surface area (Å²) in [6, 6.07) is 9.19. The molecule has 0 fully saturated rings.